The number of hydrogen-bond acceptors (Lipinski definition) is 3. The second-order valence-corrected chi connectivity index (χ2v) is 4.94. The smallest absolute Gasteiger partial charge is 0.227 e. The fourth-order valence-electron chi connectivity index (χ4n) is 2.46. The highest BCUT2D eigenvalue weighted by Gasteiger charge is 2.38. The lowest BCUT2D eigenvalue weighted by Gasteiger charge is -2.25. The molecule has 1 aromatic rings. The molecule has 0 saturated carbocycles. The average Bonchev–Trinajstić information content (AvgIpc) is 3.05. The number of nitrogens with one attached hydrogen (secondary N) is 2. The summed E-state index contributed by atoms with van der Waals surface area (Å²) >= 11 is 0. The Bertz CT molecular complexity index is 368. The maximum Gasteiger partial charge on any atom is 0.227 e. The molecule has 0 aliphatic carbocycles. The van der Waals surface area contributed by atoms with E-state index >= 15 is 0 Å². The molecular formula is C13H22N4O. The van der Waals surface area contributed by atoms with Gasteiger partial charge in [-0.2, -0.15) is 5.10 Å². The van der Waals surface area contributed by atoms with Gasteiger partial charge in [-0.1, -0.05) is 6.92 Å². The number of rotatable bonds is 6. The van der Waals surface area contributed by atoms with Gasteiger partial charge in [0.25, 0.3) is 0 Å². The van der Waals surface area contributed by atoms with Crippen LogP contribution in [0.4, 0.5) is 0 Å². The lowest BCUT2D eigenvalue weighted by Crippen LogP contribution is -2.42. The standard InChI is InChI=1S/C13H22N4O/c1-2-13(5-8-14-11-13)12(18)15-6-3-9-17-10-4-7-16-17/h4,7,10,14H,2-3,5-6,8-9,11H2,1H3,(H,15,18). The van der Waals surface area contributed by atoms with Crippen molar-refractivity contribution in [3.63, 3.8) is 0 Å². The average molecular weight is 250 g/mol. The molecule has 2 N–H and O–H groups in total. The third kappa shape index (κ3) is 2.90. The van der Waals surface area contributed by atoms with Crippen molar-refractivity contribution in [3.8, 4) is 0 Å². The van der Waals surface area contributed by atoms with Crippen molar-refractivity contribution in [2.24, 2.45) is 5.41 Å². The van der Waals surface area contributed by atoms with E-state index < -0.39 is 0 Å². The predicted octanol–water partition coefficient (Wildman–Crippen LogP) is 0.779. The van der Waals surface area contributed by atoms with Gasteiger partial charge in [0.2, 0.25) is 5.91 Å². The number of hydrogen-bond donors (Lipinski definition) is 2. The van der Waals surface area contributed by atoms with Crippen molar-refractivity contribution in [2.75, 3.05) is 19.6 Å². The Kier molecular flexibility index (Phi) is 4.36. The van der Waals surface area contributed by atoms with Crippen LogP contribution in [0.15, 0.2) is 18.5 Å². The largest absolute Gasteiger partial charge is 0.356 e. The van der Waals surface area contributed by atoms with Crippen LogP contribution in [0.3, 0.4) is 0 Å². The summed E-state index contributed by atoms with van der Waals surface area (Å²) in [6, 6.07) is 1.91. The highest BCUT2D eigenvalue weighted by atomic mass is 16.2. The van der Waals surface area contributed by atoms with Crippen LogP contribution in [0.1, 0.15) is 26.2 Å². The van der Waals surface area contributed by atoms with E-state index in [1.54, 1.807) is 6.20 Å². The van der Waals surface area contributed by atoms with Crippen molar-refractivity contribution in [1.82, 2.24) is 20.4 Å². The van der Waals surface area contributed by atoms with Gasteiger partial charge < -0.3 is 10.6 Å². The molecule has 1 aliphatic heterocycles. The summed E-state index contributed by atoms with van der Waals surface area (Å²) in [5, 5.41) is 10.5. The number of nitrogens with zero attached hydrogens (tertiary/aromatic N) is 2. The highest BCUT2D eigenvalue weighted by molar-refractivity contribution is 5.83. The van der Waals surface area contributed by atoms with E-state index in [0.29, 0.717) is 0 Å². The van der Waals surface area contributed by atoms with Gasteiger partial charge in [-0.25, -0.2) is 0 Å². The van der Waals surface area contributed by atoms with Crippen LogP contribution in [0, 0.1) is 5.41 Å². The van der Waals surface area contributed by atoms with Crippen LogP contribution >= 0.6 is 0 Å². The zero-order valence-electron chi connectivity index (χ0n) is 11.0. The Morgan fingerprint density at radius 2 is 2.50 bits per heavy atom. The quantitative estimate of drug-likeness (QED) is 0.734. The molecule has 1 atom stereocenters. The van der Waals surface area contributed by atoms with Crippen LogP contribution in [0.25, 0.3) is 0 Å². The van der Waals surface area contributed by atoms with Crippen LogP contribution in [0.5, 0.6) is 0 Å². The SMILES string of the molecule is CCC1(C(=O)NCCCn2cccn2)CCNC1. The van der Waals surface area contributed by atoms with E-state index in [0.717, 1.165) is 45.4 Å². The Labute approximate surface area is 108 Å². The van der Waals surface area contributed by atoms with E-state index in [1.807, 2.05) is 16.9 Å². The van der Waals surface area contributed by atoms with Gasteiger partial charge in [0.15, 0.2) is 0 Å². The molecule has 5 nitrogen and oxygen atoms in total. The Balaban J connectivity index is 1.71. The molecule has 0 radical (unpaired) electrons. The molecule has 0 aromatic carbocycles. The number of aromatic nitrogens is 2. The molecule has 1 saturated heterocycles. The maximum absolute atomic E-state index is 12.2. The van der Waals surface area contributed by atoms with Gasteiger partial charge in [0.05, 0.1) is 5.41 Å². The van der Waals surface area contributed by atoms with Crippen molar-refractivity contribution < 1.29 is 4.79 Å². The fraction of sp³-hybridized carbons (Fsp3) is 0.692. The van der Waals surface area contributed by atoms with Crippen LogP contribution in [-0.4, -0.2) is 35.3 Å². The molecule has 1 aromatic heterocycles. The van der Waals surface area contributed by atoms with Gasteiger partial charge in [0, 0.05) is 32.0 Å². The normalized spacial score (nSPS) is 23.2. The van der Waals surface area contributed by atoms with Gasteiger partial charge in [-0.05, 0) is 31.9 Å². The van der Waals surface area contributed by atoms with Crippen molar-refractivity contribution in [2.45, 2.75) is 32.7 Å². The van der Waals surface area contributed by atoms with E-state index in [-0.39, 0.29) is 11.3 Å². The molecule has 100 valence electrons. The third-order valence-corrected chi connectivity index (χ3v) is 3.81. The van der Waals surface area contributed by atoms with E-state index in [2.05, 4.69) is 22.7 Å². The fourth-order valence-corrected chi connectivity index (χ4v) is 2.46. The summed E-state index contributed by atoms with van der Waals surface area (Å²) in [7, 11) is 0. The molecule has 1 unspecified atom stereocenters. The first-order chi connectivity index (χ1) is 8.77. The first kappa shape index (κ1) is 13.1. The number of carbonyl (C=O) groups is 1. The second-order valence-electron chi connectivity index (χ2n) is 4.94. The molecule has 5 heteroatoms. The number of amides is 1. The van der Waals surface area contributed by atoms with Gasteiger partial charge >= 0.3 is 0 Å². The summed E-state index contributed by atoms with van der Waals surface area (Å²) < 4.78 is 1.89. The summed E-state index contributed by atoms with van der Waals surface area (Å²) in [4.78, 5) is 12.2. The second kappa shape index (κ2) is 6.00. The monoisotopic (exact) mass is 250 g/mol. The minimum atomic E-state index is -0.175. The van der Waals surface area contributed by atoms with Gasteiger partial charge in [-0.15, -0.1) is 0 Å². The third-order valence-electron chi connectivity index (χ3n) is 3.81. The first-order valence-electron chi connectivity index (χ1n) is 6.73. The molecule has 1 aliphatic rings. The molecule has 2 rings (SSSR count). The van der Waals surface area contributed by atoms with Gasteiger partial charge in [-0.3, -0.25) is 9.48 Å². The zero-order chi connectivity index (χ0) is 12.8. The zero-order valence-corrected chi connectivity index (χ0v) is 11.0. The first-order valence-corrected chi connectivity index (χ1v) is 6.73. The Hall–Kier alpha value is -1.36. The minimum Gasteiger partial charge on any atom is -0.356 e. The molecule has 1 amide bonds. The van der Waals surface area contributed by atoms with Crippen LogP contribution in [-0.2, 0) is 11.3 Å². The molecular weight excluding hydrogens is 228 g/mol. The minimum absolute atomic E-state index is 0.175. The molecule has 1 fully saturated rings. The summed E-state index contributed by atoms with van der Waals surface area (Å²) in [5.74, 6) is 0.204. The van der Waals surface area contributed by atoms with Crippen molar-refractivity contribution in [1.29, 1.82) is 0 Å². The topological polar surface area (TPSA) is 59.0 Å². The van der Waals surface area contributed by atoms with E-state index in [9.17, 15) is 4.79 Å². The summed E-state index contributed by atoms with van der Waals surface area (Å²) in [5.41, 5.74) is -0.175. The maximum atomic E-state index is 12.2. The lowest BCUT2D eigenvalue weighted by atomic mass is 9.83. The predicted molar refractivity (Wildman–Crippen MR) is 70.1 cm³/mol. The Morgan fingerprint density at radius 3 is 3.11 bits per heavy atom. The lowest BCUT2D eigenvalue weighted by molar-refractivity contribution is -0.130. The van der Waals surface area contributed by atoms with Gasteiger partial charge in [0.1, 0.15) is 0 Å². The van der Waals surface area contributed by atoms with Crippen LogP contribution in [0.2, 0.25) is 0 Å². The molecule has 0 bridgehead atoms. The molecule has 0 spiro atoms. The number of aryl methyl sites for hydroxylation is 1. The summed E-state index contributed by atoms with van der Waals surface area (Å²) in [6.07, 6.45) is 6.49. The van der Waals surface area contributed by atoms with E-state index in [1.165, 1.54) is 0 Å². The molecule has 2 heterocycles. The van der Waals surface area contributed by atoms with Crippen molar-refractivity contribution in [3.05, 3.63) is 18.5 Å². The number of carbonyl (C=O) groups excluding carboxylic acids is 1. The van der Waals surface area contributed by atoms with E-state index in [4.69, 9.17) is 0 Å². The highest BCUT2D eigenvalue weighted by Crippen LogP contribution is 2.29. The molecule has 18 heavy (non-hydrogen) atoms. The van der Waals surface area contributed by atoms with Crippen LogP contribution < -0.4 is 10.6 Å². The Morgan fingerprint density at radius 1 is 1.61 bits per heavy atom. The van der Waals surface area contributed by atoms with Crippen molar-refractivity contribution >= 4 is 5.91 Å². The summed E-state index contributed by atoms with van der Waals surface area (Å²) in [6.45, 7) is 5.43.